The van der Waals surface area contributed by atoms with Crippen LogP contribution in [0.25, 0.3) is 10.8 Å². The molecular formula is C18H25NO. The highest BCUT2D eigenvalue weighted by atomic mass is 16.5. The molecule has 0 aliphatic carbocycles. The molecule has 0 aliphatic heterocycles. The van der Waals surface area contributed by atoms with E-state index in [9.17, 15) is 0 Å². The fourth-order valence-electron chi connectivity index (χ4n) is 2.39. The first-order valence-corrected chi connectivity index (χ1v) is 7.66. The molecule has 0 saturated heterocycles. The lowest BCUT2D eigenvalue weighted by Gasteiger charge is -2.16. The van der Waals surface area contributed by atoms with Crippen LogP contribution in [-0.2, 0) is 0 Å². The summed E-state index contributed by atoms with van der Waals surface area (Å²) in [6.07, 6.45) is 3.69. The van der Waals surface area contributed by atoms with Crippen molar-refractivity contribution in [3.63, 3.8) is 0 Å². The van der Waals surface area contributed by atoms with Gasteiger partial charge in [0.15, 0.2) is 0 Å². The molecule has 0 radical (unpaired) electrons. The van der Waals surface area contributed by atoms with Gasteiger partial charge in [0.1, 0.15) is 5.75 Å². The molecule has 0 saturated carbocycles. The summed E-state index contributed by atoms with van der Waals surface area (Å²) in [4.78, 5) is 0. The average Bonchev–Trinajstić information content (AvgIpc) is 2.47. The quantitative estimate of drug-likeness (QED) is 0.719. The molecule has 20 heavy (non-hydrogen) atoms. The summed E-state index contributed by atoms with van der Waals surface area (Å²) in [6, 6.07) is 14.6. The molecule has 2 aromatic rings. The monoisotopic (exact) mass is 271 g/mol. The molecule has 0 aliphatic rings. The average molecular weight is 271 g/mol. The molecule has 0 bridgehead atoms. The number of hydrogen-bond acceptors (Lipinski definition) is 2. The van der Waals surface area contributed by atoms with Crippen LogP contribution < -0.4 is 10.1 Å². The van der Waals surface area contributed by atoms with Crippen molar-refractivity contribution in [2.24, 2.45) is 0 Å². The maximum absolute atomic E-state index is 6.11. The van der Waals surface area contributed by atoms with Crippen molar-refractivity contribution in [1.29, 1.82) is 0 Å². The van der Waals surface area contributed by atoms with Crippen LogP contribution in [0.15, 0.2) is 42.5 Å². The second-order valence-electron chi connectivity index (χ2n) is 5.30. The first-order valence-electron chi connectivity index (χ1n) is 7.66. The van der Waals surface area contributed by atoms with E-state index in [-0.39, 0.29) is 6.10 Å². The van der Waals surface area contributed by atoms with Crippen molar-refractivity contribution in [2.75, 3.05) is 13.1 Å². The number of benzene rings is 2. The van der Waals surface area contributed by atoms with E-state index in [0.29, 0.717) is 0 Å². The maximum Gasteiger partial charge on any atom is 0.127 e. The van der Waals surface area contributed by atoms with Crippen LogP contribution in [0.4, 0.5) is 0 Å². The molecular weight excluding hydrogens is 246 g/mol. The van der Waals surface area contributed by atoms with E-state index < -0.39 is 0 Å². The molecule has 0 heterocycles. The molecule has 2 rings (SSSR count). The zero-order valence-corrected chi connectivity index (χ0v) is 12.6. The van der Waals surface area contributed by atoms with Crippen LogP contribution in [-0.4, -0.2) is 19.2 Å². The smallest absolute Gasteiger partial charge is 0.127 e. The van der Waals surface area contributed by atoms with E-state index in [1.807, 2.05) is 0 Å². The highest BCUT2D eigenvalue weighted by Crippen LogP contribution is 2.26. The highest BCUT2D eigenvalue weighted by molar-refractivity contribution is 5.88. The van der Waals surface area contributed by atoms with Gasteiger partial charge in [0.2, 0.25) is 0 Å². The maximum atomic E-state index is 6.11. The van der Waals surface area contributed by atoms with Gasteiger partial charge < -0.3 is 10.1 Å². The lowest BCUT2D eigenvalue weighted by atomic mass is 10.1. The summed E-state index contributed by atoms with van der Waals surface area (Å²) < 4.78 is 6.11. The van der Waals surface area contributed by atoms with E-state index in [1.165, 1.54) is 17.2 Å². The third kappa shape index (κ3) is 4.24. The Bertz CT molecular complexity index is 518. The Labute approximate surface area is 122 Å². The van der Waals surface area contributed by atoms with Gasteiger partial charge in [-0.3, -0.25) is 0 Å². The Balaban J connectivity index is 1.88. The van der Waals surface area contributed by atoms with Crippen molar-refractivity contribution in [1.82, 2.24) is 5.32 Å². The minimum atomic E-state index is 0.254. The van der Waals surface area contributed by atoms with Gasteiger partial charge >= 0.3 is 0 Å². The van der Waals surface area contributed by atoms with Crippen LogP contribution in [0.3, 0.4) is 0 Å². The Morgan fingerprint density at radius 2 is 1.85 bits per heavy atom. The van der Waals surface area contributed by atoms with Gasteiger partial charge in [0.25, 0.3) is 0 Å². The van der Waals surface area contributed by atoms with Crippen molar-refractivity contribution in [3.8, 4) is 5.75 Å². The third-order valence-electron chi connectivity index (χ3n) is 3.47. The van der Waals surface area contributed by atoms with Crippen molar-refractivity contribution >= 4 is 10.8 Å². The summed E-state index contributed by atoms with van der Waals surface area (Å²) >= 11 is 0. The topological polar surface area (TPSA) is 21.3 Å². The number of fused-ring (bicyclic) bond motifs is 1. The van der Waals surface area contributed by atoms with Crippen LogP contribution in [0.2, 0.25) is 0 Å². The lowest BCUT2D eigenvalue weighted by molar-refractivity contribution is 0.210. The van der Waals surface area contributed by atoms with Crippen molar-refractivity contribution in [2.45, 2.75) is 39.2 Å². The molecule has 108 valence electrons. The molecule has 1 atom stereocenters. The minimum absolute atomic E-state index is 0.254. The number of hydrogen-bond donors (Lipinski definition) is 1. The Kier molecular flexibility index (Phi) is 5.87. The van der Waals surface area contributed by atoms with Crippen molar-refractivity contribution in [3.05, 3.63) is 42.5 Å². The summed E-state index contributed by atoms with van der Waals surface area (Å²) in [5.41, 5.74) is 0. The SMILES string of the molecule is CCCNCCCC(C)Oc1cccc2ccccc12. The normalized spacial score (nSPS) is 12.5. The lowest BCUT2D eigenvalue weighted by Crippen LogP contribution is -2.19. The van der Waals surface area contributed by atoms with E-state index >= 15 is 0 Å². The van der Waals surface area contributed by atoms with E-state index in [4.69, 9.17) is 4.74 Å². The van der Waals surface area contributed by atoms with E-state index in [0.717, 1.165) is 31.7 Å². The molecule has 2 heteroatoms. The molecule has 2 aromatic carbocycles. The number of ether oxygens (including phenoxy) is 1. The fourth-order valence-corrected chi connectivity index (χ4v) is 2.39. The van der Waals surface area contributed by atoms with Gasteiger partial charge in [-0.1, -0.05) is 43.3 Å². The molecule has 1 N–H and O–H groups in total. The van der Waals surface area contributed by atoms with Gasteiger partial charge in [0, 0.05) is 5.39 Å². The molecule has 1 unspecified atom stereocenters. The molecule has 0 fully saturated rings. The largest absolute Gasteiger partial charge is 0.490 e. The van der Waals surface area contributed by atoms with Gasteiger partial charge in [-0.15, -0.1) is 0 Å². The van der Waals surface area contributed by atoms with Crippen LogP contribution in [0.1, 0.15) is 33.1 Å². The van der Waals surface area contributed by atoms with E-state index in [2.05, 4.69) is 61.6 Å². The first-order chi connectivity index (χ1) is 9.81. The molecule has 0 amide bonds. The molecule has 2 nitrogen and oxygen atoms in total. The second-order valence-corrected chi connectivity index (χ2v) is 5.30. The predicted octanol–water partition coefficient (Wildman–Crippen LogP) is 4.39. The zero-order chi connectivity index (χ0) is 14.2. The van der Waals surface area contributed by atoms with Gasteiger partial charge in [-0.25, -0.2) is 0 Å². The second kappa shape index (κ2) is 7.91. The minimum Gasteiger partial charge on any atom is -0.490 e. The zero-order valence-electron chi connectivity index (χ0n) is 12.6. The van der Waals surface area contributed by atoms with Crippen molar-refractivity contribution < 1.29 is 4.74 Å². The highest BCUT2D eigenvalue weighted by Gasteiger charge is 2.06. The summed E-state index contributed by atoms with van der Waals surface area (Å²) in [6.45, 7) is 6.54. The Hall–Kier alpha value is -1.54. The summed E-state index contributed by atoms with van der Waals surface area (Å²) in [5, 5.41) is 5.87. The van der Waals surface area contributed by atoms with Crippen LogP contribution in [0, 0.1) is 0 Å². The molecule has 0 aromatic heterocycles. The standard InChI is InChI=1S/C18H25NO/c1-3-13-19-14-7-8-15(2)20-18-12-6-10-16-9-4-5-11-17(16)18/h4-6,9-12,15,19H,3,7-8,13-14H2,1-2H3. The Morgan fingerprint density at radius 3 is 2.70 bits per heavy atom. The molecule has 0 spiro atoms. The van der Waals surface area contributed by atoms with Gasteiger partial charge in [0.05, 0.1) is 6.10 Å². The Morgan fingerprint density at radius 1 is 1.05 bits per heavy atom. The number of nitrogens with one attached hydrogen (secondary N) is 1. The number of rotatable bonds is 8. The predicted molar refractivity (Wildman–Crippen MR) is 86.4 cm³/mol. The van der Waals surface area contributed by atoms with E-state index in [1.54, 1.807) is 0 Å². The summed E-state index contributed by atoms with van der Waals surface area (Å²) in [7, 11) is 0. The van der Waals surface area contributed by atoms with Crippen LogP contribution >= 0.6 is 0 Å². The first kappa shape index (κ1) is 14.9. The van der Waals surface area contributed by atoms with Gasteiger partial charge in [-0.2, -0.15) is 0 Å². The third-order valence-corrected chi connectivity index (χ3v) is 3.47. The fraction of sp³-hybridized carbons (Fsp3) is 0.444. The van der Waals surface area contributed by atoms with Crippen LogP contribution in [0.5, 0.6) is 5.75 Å². The summed E-state index contributed by atoms with van der Waals surface area (Å²) in [5.74, 6) is 0.997. The van der Waals surface area contributed by atoms with Gasteiger partial charge in [-0.05, 0) is 50.7 Å².